The number of carbonyl (C=O) groups is 1. The quantitative estimate of drug-likeness (QED) is 0.689. The van der Waals surface area contributed by atoms with Gasteiger partial charge in [-0.2, -0.15) is 0 Å². The first-order valence-electron chi connectivity index (χ1n) is 9.38. The van der Waals surface area contributed by atoms with Crippen LogP contribution in [0.25, 0.3) is 0 Å². The summed E-state index contributed by atoms with van der Waals surface area (Å²) in [5, 5.41) is 0.533. The van der Waals surface area contributed by atoms with Gasteiger partial charge in [-0.15, -0.1) is 0 Å². The van der Waals surface area contributed by atoms with Gasteiger partial charge in [-0.05, 0) is 54.0 Å². The Morgan fingerprint density at radius 2 is 1.80 bits per heavy atom. The molecule has 0 saturated heterocycles. The summed E-state index contributed by atoms with van der Waals surface area (Å²) < 4.78 is 0. The zero-order valence-electron chi connectivity index (χ0n) is 14.5. The van der Waals surface area contributed by atoms with Crippen molar-refractivity contribution in [1.29, 1.82) is 0 Å². The zero-order chi connectivity index (χ0) is 17.2. The van der Waals surface area contributed by atoms with Crippen molar-refractivity contribution in [3.63, 3.8) is 0 Å². The third-order valence-electron chi connectivity index (χ3n) is 5.71. The summed E-state index contributed by atoms with van der Waals surface area (Å²) in [5.41, 5.74) is 4.81. The van der Waals surface area contributed by atoms with Crippen molar-refractivity contribution in [2.24, 2.45) is 0 Å². The van der Waals surface area contributed by atoms with E-state index in [4.69, 9.17) is 11.6 Å². The van der Waals surface area contributed by atoms with Crippen LogP contribution in [0.5, 0.6) is 0 Å². The lowest BCUT2D eigenvalue weighted by Gasteiger charge is -2.30. The minimum absolute atomic E-state index is 0.0348. The lowest BCUT2D eigenvalue weighted by molar-refractivity contribution is 0.0735. The Bertz CT molecular complexity index is 779. The Morgan fingerprint density at radius 1 is 1.00 bits per heavy atom. The predicted octanol–water partition coefficient (Wildman–Crippen LogP) is 5.59. The fourth-order valence-electron chi connectivity index (χ4n) is 4.24. The molecule has 1 aliphatic heterocycles. The molecule has 2 aromatic carbocycles. The van der Waals surface area contributed by atoms with Gasteiger partial charge in [0.1, 0.15) is 0 Å². The van der Waals surface area contributed by atoms with Gasteiger partial charge in [0.05, 0.1) is 10.6 Å². The predicted molar refractivity (Wildman–Crippen MR) is 102 cm³/mol. The molecule has 2 aliphatic rings. The number of amides is 1. The number of benzene rings is 2. The van der Waals surface area contributed by atoms with E-state index in [0.29, 0.717) is 17.1 Å². The molecule has 1 amide bonds. The molecule has 25 heavy (non-hydrogen) atoms. The number of hydrogen-bond donors (Lipinski definition) is 0. The van der Waals surface area contributed by atoms with Crippen LogP contribution in [0.15, 0.2) is 42.5 Å². The summed E-state index contributed by atoms with van der Waals surface area (Å²) in [6.45, 7) is 1.45. The van der Waals surface area contributed by atoms with Crippen LogP contribution >= 0.6 is 11.6 Å². The van der Waals surface area contributed by atoms with Crippen molar-refractivity contribution in [2.45, 2.75) is 51.0 Å². The Hall–Kier alpha value is -1.80. The van der Waals surface area contributed by atoms with Gasteiger partial charge in [0.2, 0.25) is 0 Å². The van der Waals surface area contributed by atoms with Crippen molar-refractivity contribution in [3.05, 3.63) is 69.7 Å². The Morgan fingerprint density at radius 3 is 2.60 bits per heavy atom. The van der Waals surface area contributed by atoms with E-state index in [0.717, 1.165) is 18.9 Å². The highest BCUT2D eigenvalue weighted by molar-refractivity contribution is 6.33. The maximum Gasteiger partial charge on any atom is 0.255 e. The standard InChI is InChI=1S/C22H24ClNO/c23-21-9-5-4-8-20(21)22(25)24-13-12-18-14-17(10-11-19(18)15-24)16-6-2-1-3-7-16/h4-5,8-11,14,16H,1-3,6-7,12-13,15H2. The fourth-order valence-corrected chi connectivity index (χ4v) is 4.46. The molecule has 0 atom stereocenters. The number of carbonyl (C=O) groups excluding carboxylic acids is 1. The van der Waals surface area contributed by atoms with E-state index in [1.54, 1.807) is 6.07 Å². The molecule has 4 rings (SSSR count). The monoisotopic (exact) mass is 353 g/mol. The number of nitrogens with zero attached hydrogens (tertiary/aromatic N) is 1. The minimum Gasteiger partial charge on any atom is -0.334 e. The molecule has 2 aromatic rings. The van der Waals surface area contributed by atoms with Crippen LogP contribution in [0.2, 0.25) is 5.02 Å². The molecule has 0 unspecified atom stereocenters. The minimum atomic E-state index is 0.0348. The second-order valence-corrected chi connectivity index (χ2v) is 7.73. The first-order valence-corrected chi connectivity index (χ1v) is 9.75. The molecule has 2 nitrogen and oxygen atoms in total. The molecule has 0 aromatic heterocycles. The molecule has 130 valence electrons. The average Bonchev–Trinajstić information content (AvgIpc) is 2.68. The van der Waals surface area contributed by atoms with E-state index in [9.17, 15) is 4.79 Å². The molecule has 0 spiro atoms. The van der Waals surface area contributed by atoms with E-state index in [1.807, 2.05) is 23.1 Å². The number of halogens is 1. The second kappa shape index (κ2) is 7.21. The van der Waals surface area contributed by atoms with Crippen LogP contribution in [-0.2, 0) is 13.0 Å². The van der Waals surface area contributed by atoms with Gasteiger partial charge in [0.25, 0.3) is 5.91 Å². The van der Waals surface area contributed by atoms with Gasteiger partial charge in [-0.3, -0.25) is 4.79 Å². The van der Waals surface area contributed by atoms with Crippen molar-refractivity contribution in [2.75, 3.05) is 6.54 Å². The average molecular weight is 354 g/mol. The van der Waals surface area contributed by atoms with Gasteiger partial charge in [0.15, 0.2) is 0 Å². The lowest BCUT2D eigenvalue weighted by Crippen LogP contribution is -2.36. The van der Waals surface area contributed by atoms with Crippen LogP contribution in [0, 0.1) is 0 Å². The molecule has 1 heterocycles. The van der Waals surface area contributed by atoms with E-state index in [1.165, 1.54) is 48.8 Å². The van der Waals surface area contributed by atoms with E-state index >= 15 is 0 Å². The molecule has 0 radical (unpaired) electrons. The van der Waals surface area contributed by atoms with Crippen molar-refractivity contribution < 1.29 is 4.79 Å². The maximum absolute atomic E-state index is 12.8. The number of rotatable bonds is 2. The summed E-state index contributed by atoms with van der Waals surface area (Å²) in [7, 11) is 0. The topological polar surface area (TPSA) is 20.3 Å². The van der Waals surface area contributed by atoms with E-state index < -0.39 is 0 Å². The maximum atomic E-state index is 12.8. The molecular weight excluding hydrogens is 330 g/mol. The van der Waals surface area contributed by atoms with Crippen LogP contribution in [0.4, 0.5) is 0 Å². The molecular formula is C22H24ClNO. The van der Waals surface area contributed by atoms with Crippen molar-refractivity contribution in [3.8, 4) is 0 Å². The molecule has 0 N–H and O–H groups in total. The van der Waals surface area contributed by atoms with Gasteiger partial charge in [-0.25, -0.2) is 0 Å². The summed E-state index contributed by atoms with van der Waals surface area (Å²) in [6.07, 6.45) is 7.71. The van der Waals surface area contributed by atoms with Crippen LogP contribution in [0.3, 0.4) is 0 Å². The van der Waals surface area contributed by atoms with Crippen LogP contribution in [-0.4, -0.2) is 17.4 Å². The summed E-state index contributed by atoms with van der Waals surface area (Å²) in [5.74, 6) is 0.773. The molecule has 0 bridgehead atoms. The largest absolute Gasteiger partial charge is 0.334 e. The molecule has 1 fully saturated rings. The normalized spacial score (nSPS) is 18.0. The fraction of sp³-hybridized carbons (Fsp3) is 0.409. The van der Waals surface area contributed by atoms with Crippen LogP contribution < -0.4 is 0 Å². The molecule has 3 heteroatoms. The first-order chi connectivity index (χ1) is 12.2. The summed E-state index contributed by atoms with van der Waals surface area (Å²) in [6, 6.07) is 14.3. The van der Waals surface area contributed by atoms with Crippen molar-refractivity contribution in [1.82, 2.24) is 4.90 Å². The van der Waals surface area contributed by atoms with Gasteiger partial charge >= 0.3 is 0 Å². The number of fused-ring (bicyclic) bond motifs is 1. The Kier molecular flexibility index (Phi) is 4.80. The van der Waals surface area contributed by atoms with Gasteiger partial charge in [-0.1, -0.05) is 61.2 Å². The number of hydrogen-bond acceptors (Lipinski definition) is 1. The van der Waals surface area contributed by atoms with E-state index in [2.05, 4.69) is 18.2 Å². The Labute approximate surface area is 154 Å². The first kappa shape index (κ1) is 16.7. The zero-order valence-corrected chi connectivity index (χ0v) is 15.3. The third kappa shape index (κ3) is 3.46. The van der Waals surface area contributed by atoms with Gasteiger partial charge < -0.3 is 4.90 Å². The SMILES string of the molecule is O=C(c1ccccc1Cl)N1CCc2cc(C3CCCCC3)ccc2C1. The highest BCUT2D eigenvalue weighted by Crippen LogP contribution is 2.34. The Balaban J connectivity index is 1.52. The highest BCUT2D eigenvalue weighted by atomic mass is 35.5. The summed E-state index contributed by atoms with van der Waals surface area (Å²) >= 11 is 6.20. The van der Waals surface area contributed by atoms with Crippen molar-refractivity contribution >= 4 is 17.5 Å². The molecule has 1 aliphatic carbocycles. The summed E-state index contributed by atoms with van der Waals surface area (Å²) in [4.78, 5) is 14.7. The van der Waals surface area contributed by atoms with Gasteiger partial charge in [0, 0.05) is 13.1 Å². The van der Waals surface area contributed by atoms with Crippen LogP contribution in [0.1, 0.15) is 65.1 Å². The molecule has 1 saturated carbocycles. The smallest absolute Gasteiger partial charge is 0.255 e. The lowest BCUT2D eigenvalue weighted by atomic mass is 9.82. The third-order valence-corrected chi connectivity index (χ3v) is 6.04. The second-order valence-electron chi connectivity index (χ2n) is 7.32. The highest BCUT2D eigenvalue weighted by Gasteiger charge is 2.24. The van der Waals surface area contributed by atoms with E-state index in [-0.39, 0.29) is 5.91 Å².